The quantitative estimate of drug-likeness (QED) is 0.589. The van der Waals surface area contributed by atoms with Gasteiger partial charge >= 0.3 is 0 Å². The maximum absolute atomic E-state index is 9.72. The van der Waals surface area contributed by atoms with Gasteiger partial charge < -0.3 is 20.1 Å². The van der Waals surface area contributed by atoms with E-state index >= 15 is 0 Å². The molecule has 0 amide bonds. The average molecular weight is 342 g/mol. The van der Waals surface area contributed by atoms with Gasteiger partial charge in [-0.05, 0) is 39.3 Å². The predicted octanol–water partition coefficient (Wildman–Crippen LogP) is 3.24. The number of aliphatic hydroxyl groups excluding tert-OH is 1. The molecular formula is C19H26N4O2. The summed E-state index contributed by atoms with van der Waals surface area (Å²) in [6.45, 7) is 11.7. The van der Waals surface area contributed by atoms with Crippen molar-refractivity contribution in [2.24, 2.45) is 9.98 Å². The highest BCUT2D eigenvalue weighted by atomic mass is 16.5. The van der Waals surface area contributed by atoms with Gasteiger partial charge in [0.1, 0.15) is 29.3 Å². The number of hydrogen-bond acceptors (Lipinski definition) is 5. The number of amidine groups is 1. The zero-order valence-corrected chi connectivity index (χ0v) is 15.2. The molecule has 6 nitrogen and oxygen atoms in total. The monoisotopic (exact) mass is 342 g/mol. The molecule has 2 rings (SSSR count). The number of para-hydroxylation sites is 1. The molecule has 25 heavy (non-hydrogen) atoms. The molecular weight excluding hydrogens is 316 g/mol. The van der Waals surface area contributed by atoms with Crippen molar-refractivity contribution in [3.63, 3.8) is 0 Å². The van der Waals surface area contributed by atoms with Gasteiger partial charge in [-0.15, -0.1) is 0 Å². The van der Waals surface area contributed by atoms with Crippen molar-refractivity contribution in [3.05, 3.63) is 54.2 Å². The van der Waals surface area contributed by atoms with Crippen LogP contribution in [0.1, 0.15) is 34.1 Å². The van der Waals surface area contributed by atoms with E-state index in [0.29, 0.717) is 29.5 Å². The van der Waals surface area contributed by atoms with Crippen LogP contribution in [-0.4, -0.2) is 34.5 Å². The molecule has 134 valence electrons. The molecule has 1 aliphatic heterocycles. The van der Waals surface area contributed by atoms with Crippen molar-refractivity contribution >= 4 is 12.2 Å². The molecule has 1 atom stereocenters. The number of hydrogen-bond donors (Lipinski definition) is 2. The smallest absolute Gasteiger partial charge is 0.165 e. The van der Waals surface area contributed by atoms with E-state index in [1.54, 1.807) is 6.34 Å². The Bertz CT molecular complexity index is 693. The third-order valence-electron chi connectivity index (χ3n) is 3.63. The molecule has 6 heteroatoms. The molecule has 0 unspecified atom stereocenters. The number of aliphatic imine (C=N–C) groups is 2. The van der Waals surface area contributed by atoms with Crippen molar-refractivity contribution in [1.82, 2.24) is 10.2 Å². The van der Waals surface area contributed by atoms with Crippen LogP contribution in [0.4, 0.5) is 0 Å². The van der Waals surface area contributed by atoms with Gasteiger partial charge in [-0.3, -0.25) is 0 Å². The van der Waals surface area contributed by atoms with Crippen molar-refractivity contribution in [2.75, 3.05) is 0 Å². The largest absolute Gasteiger partial charge is 0.460 e. The van der Waals surface area contributed by atoms with E-state index in [-0.39, 0.29) is 6.04 Å². The van der Waals surface area contributed by atoms with Gasteiger partial charge in [-0.1, -0.05) is 31.7 Å². The summed E-state index contributed by atoms with van der Waals surface area (Å²) in [4.78, 5) is 10.9. The van der Waals surface area contributed by atoms with Crippen LogP contribution < -0.4 is 10.1 Å². The van der Waals surface area contributed by atoms with Crippen molar-refractivity contribution in [3.8, 4) is 5.75 Å². The van der Waals surface area contributed by atoms with Gasteiger partial charge in [0, 0.05) is 6.04 Å². The Balaban J connectivity index is 2.30. The minimum atomic E-state index is -0.680. The second-order valence-corrected chi connectivity index (χ2v) is 6.02. The lowest BCUT2D eigenvalue weighted by molar-refractivity contribution is 0.145. The number of aliphatic hydroxyl groups is 1. The van der Waals surface area contributed by atoms with Crippen LogP contribution >= 0.6 is 0 Å². The van der Waals surface area contributed by atoms with Crippen molar-refractivity contribution < 1.29 is 9.84 Å². The van der Waals surface area contributed by atoms with Crippen LogP contribution in [0.2, 0.25) is 0 Å². The first-order valence-electron chi connectivity index (χ1n) is 8.41. The molecule has 2 N–H and O–H groups in total. The Labute approximate surface area is 149 Å². The van der Waals surface area contributed by atoms with Crippen LogP contribution in [0.25, 0.3) is 0 Å². The number of allylic oxidation sites excluding steroid dienone is 1. The highest BCUT2D eigenvalue weighted by Crippen LogP contribution is 2.22. The van der Waals surface area contributed by atoms with Crippen LogP contribution in [0.15, 0.2) is 64.2 Å². The molecule has 0 saturated carbocycles. The number of ether oxygens (including phenoxy) is 1. The minimum Gasteiger partial charge on any atom is -0.460 e. The molecule has 1 aromatic carbocycles. The van der Waals surface area contributed by atoms with E-state index < -0.39 is 6.23 Å². The fraction of sp³-hybridized carbons (Fsp3) is 0.368. The van der Waals surface area contributed by atoms with Crippen LogP contribution in [0.5, 0.6) is 5.75 Å². The van der Waals surface area contributed by atoms with Gasteiger partial charge in [0.15, 0.2) is 5.84 Å². The van der Waals surface area contributed by atoms with Gasteiger partial charge in [0.05, 0.1) is 6.34 Å². The molecule has 0 aromatic heterocycles. The first-order valence-corrected chi connectivity index (χ1v) is 8.41. The minimum absolute atomic E-state index is 0.174. The van der Waals surface area contributed by atoms with Crippen LogP contribution in [0.3, 0.4) is 0 Å². The lowest BCUT2D eigenvalue weighted by Crippen LogP contribution is -2.34. The van der Waals surface area contributed by atoms with Gasteiger partial charge in [0.2, 0.25) is 0 Å². The van der Waals surface area contributed by atoms with Crippen LogP contribution in [0, 0.1) is 0 Å². The molecule has 0 saturated heterocycles. The third kappa shape index (κ3) is 4.93. The summed E-state index contributed by atoms with van der Waals surface area (Å²) in [7, 11) is 0. The highest BCUT2D eigenvalue weighted by molar-refractivity contribution is 6.09. The van der Waals surface area contributed by atoms with E-state index in [2.05, 4.69) is 35.7 Å². The predicted molar refractivity (Wildman–Crippen MR) is 101 cm³/mol. The number of rotatable bonds is 7. The topological polar surface area (TPSA) is 69.5 Å². The van der Waals surface area contributed by atoms with Gasteiger partial charge in [-0.25, -0.2) is 9.98 Å². The maximum Gasteiger partial charge on any atom is 0.165 e. The molecule has 0 aliphatic carbocycles. The second-order valence-electron chi connectivity index (χ2n) is 6.02. The standard InChI is InChI=1S/C19H26N4O2/c1-6-17(24)21-15(5)22-19-18(20-12-23(19)13(2)3)14(4)25-16-10-8-7-9-11-16/h7-13,17,21,24H,5-6H2,1-4H3/b18-14-,22-19?/t17-/m1/s1. The Morgan fingerprint density at radius 2 is 2.04 bits per heavy atom. The number of benzene rings is 1. The van der Waals surface area contributed by atoms with Crippen molar-refractivity contribution in [1.29, 1.82) is 0 Å². The van der Waals surface area contributed by atoms with Crippen LogP contribution in [-0.2, 0) is 0 Å². The lowest BCUT2D eigenvalue weighted by atomic mass is 10.3. The van der Waals surface area contributed by atoms with E-state index in [4.69, 9.17) is 4.74 Å². The Kier molecular flexibility index (Phi) is 6.36. The fourth-order valence-corrected chi connectivity index (χ4v) is 2.26. The highest BCUT2D eigenvalue weighted by Gasteiger charge is 2.26. The summed E-state index contributed by atoms with van der Waals surface area (Å²) in [5.74, 6) is 2.41. The summed E-state index contributed by atoms with van der Waals surface area (Å²) in [6, 6.07) is 9.71. The number of nitrogens with zero attached hydrogens (tertiary/aromatic N) is 3. The summed E-state index contributed by atoms with van der Waals surface area (Å²) < 4.78 is 5.90. The number of nitrogens with one attached hydrogen (secondary N) is 1. The Hall–Kier alpha value is -2.60. The summed E-state index contributed by atoms with van der Waals surface area (Å²) in [5, 5.41) is 12.6. The van der Waals surface area contributed by atoms with Crippen molar-refractivity contribution in [2.45, 2.75) is 46.4 Å². The summed E-state index contributed by atoms with van der Waals surface area (Å²) in [6.07, 6.45) is 1.62. The molecule has 1 aromatic rings. The molecule has 1 aliphatic rings. The van der Waals surface area contributed by atoms with Gasteiger partial charge in [0.25, 0.3) is 0 Å². The maximum atomic E-state index is 9.72. The van der Waals surface area contributed by atoms with E-state index in [1.807, 2.05) is 49.1 Å². The average Bonchev–Trinajstić information content (AvgIpc) is 2.99. The zero-order chi connectivity index (χ0) is 18.4. The molecule has 0 spiro atoms. The Morgan fingerprint density at radius 3 is 2.64 bits per heavy atom. The SMILES string of the molecule is C=C(N=C1/C(=C(\C)Oc2ccccc2)N=CN1C(C)C)N[C@H](O)CC. The lowest BCUT2D eigenvalue weighted by Gasteiger charge is -2.21. The molecule has 1 heterocycles. The Morgan fingerprint density at radius 1 is 1.36 bits per heavy atom. The molecule has 0 radical (unpaired) electrons. The first-order chi connectivity index (χ1) is 11.9. The van der Waals surface area contributed by atoms with E-state index in [9.17, 15) is 5.11 Å². The summed E-state index contributed by atoms with van der Waals surface area (Å²) >= 11 is 0. The third-order valence-corrected chi connectivity index (χ3v) is 3.63. The second kappa shape index (κ2) is 8.48. The van der Waals surface area contributed by atoms with E-state index in [0.717, 1.165) is 5.75 Å². The van der Waals surface area contributed by atoms with Gasteiger partial charge in [-0.2, -0.15) is 0 Å². The molecule has 0 fully saturated rings. The first kappa shape index (κ1) is 18.7. The molecule has 0 bridgehead atoms. The summed E-state index contributed by atoms with van der Waals surface area (Å²) in [5.41, 5.74) is 0.645. The fourth-order valence-electron chi connectivity index (χ4n) is 2.26. The van der Waals surface area contributed by atoms with E-state index in [1.165, 1.54) is 0 Å². The normalized spacial score (nSPS) is 18.6. The zero-order valence-electron chi connectivity index (χ0n) is 15.2.